The van der Waals surface area contributed by atoms with Crippen molar-refractivity contribution in [3.8, 4) is 0 Å². The number of carbonyl (C=O) groups is 1. The summed E-state index contributed by atoms with van der Waals surface area (Å²) in [5, 5.41) is 0. The minimum atomic E-state index is -0.547. The Balaban J connectivity index is 3.28. The normalized spacial score (nSPS) is 9.85. The molecule has 0 heterocycles. The van der Waals surface area contributed by atoms with Crippen LogP contribution in [0.4, 0.5) is 4.39 Å². The number of aryl methyl sites for hydroxylation is 1. The number of hydrogen-bond donors (Lipinski definition) is 0. The second-order valence-corrected chi connectivity index (χ2v) is 3.39. The van der Waals surface area contributed by atoms with Crippen molar-refractivity contribution in [3.63, 3.8) is 0 Å². The van der Waals surface area contributed by atoms with Crippen LogP contribution in [0.25, 0.3) is 0 Å². The van der Waals surface area contributed by atoms with Gasteiger partial charge >= 0.3 is 5.97 Å². The van der Waals surface area contributed by atoms with Crippen molar-refractivity contribution in [2.45, 2.75) is 6.92 Å². The summed E-state index contributed by atoms with van der Waals surface area (Å²) in [5.74, 6) is -1.00. The lowest BCUT2D eigenvalue weighted by Crippen LogP contribution is -2.04. The van der Waals surface area contributed by atoms with E-state index in [0.717, 1.165) is 0 Å². The minimum absolute atomic E-state index is 0.143. The molecular weight excluding hydrogens is 239 g/mol. The maximum absolute atomic E-state index is 13.1. The van der Waals surface area contributed by atoms with Crippen LogP contribution in [0.2, 0.25) is 0 Å². The average Bonchev–Trinajstić information content (AvgIpc) is 2.10. The van der Waals surface area contributed by atoms with Gasteiger partial charge < -0.3 is 4.74 Å². The smallest absolute Gasteiger partial charge is 0.339 e. The molecule has 0 saturated carbocycles. The van der Waals surface area contributed by atoms with Crippen LogP contribution in [0.1, 0.15) is 15.9 Å². The highest BCUT2D eigenvalue weighted by molar-refractivity contribution is 9.10. The van der Waals surface area contributed by atoms with Gasteiger partial charge in [-0.15, -0.1) is 0 Å². The summed E-state index contributed by atoms with van der Waals surface area (Å²) >= 11 is 2.98. The van der Waals surface area contributed by atoms with Crippen molar-refractivity contribution in [3.05, 3.63) is 33.5 Å². The van der Waals surface area contributed by atoms with Gasteiger partial charge in [-0.25, -0.2) is 9.18 Å². The molecule has 13 heavy (non-hydrogen) atoms. The molecule has 0 aliphatic heterocycles. The predicted octanol–water partition coefficient (Wildman–Crippen LogP) is 2.68. The van der Waals surface area contributed by atoms with E-state index >= 15 is 0 Å². The van der Waals surface area contributed by atoms with E-state index in [1.807, 2.05) is 0 Å². The molecular formula is C9H8BrFO2. The molecule has 0 saturated heterocycles. The summed E-state index contributed by atoms with van der Waals surface area (Å²) in [6.07, 6.45) is 0. The van der Waals surface area contributed by atoms with Crippen LogP contribution in [0, 0.1) is 12.7 Å². The van der Waals surface area contributed by atoms with E-state index in [-0.39, 0.29) is 10.0 Å². The Bertz CT molecular complexity index is 350. The van der Waals surface area contributed by atoms with Gasteiger partial charge in [0, 0.05) is 0 Å². The average molecular weight is 247 g/mol. The van der Waals surface area contributed by atoms with Crippen LogP contribution in [-0.4, -0.2) is 13.1 Å². The number of rotatable bonds is 1. The molecule has 0 atom stereocenters. The molecule has 0 aliphatic rings. The SMILES string of the molecule is COC(=O)c1cc(C)cc(F)c1Br. The van der Waals surface area contributed by atoms with Crippen LogP contribution in [-0.2, 0) is 4.74 Å². The van der Waals surface area contributed by atoms with Crippen LogP contribution < -0.4 is 0 Å². The Morgan fingerprint density at radius 1 is 1.54 bits per heavy atom. The molecule has 0 aromatic heterocycles. The molecule has 0 aliphatic carbocycles. The zero-order valence-electron chi connectivity index (χ0n) is 7.23. The summed E-state index contributed by atoms with van der Waals surface area (Å²) in [6, 6.07) is 2.91. The van der Waals surface area contributed by atoms with E-state index in [4.69, 9.17) is 0 Å². The van der Waals surface area contributed by atoms with Gasteiger partial charge in [-0.05, 0) is 40.5 Å². The van der Waals surface area contributed by atoms with Crippen molar-refractivity contribution >= 4 is 21.9 Å². The Morgan fingerprint density at radius 2 is 2.15 bits per heavy atom. The third-order valence-corrected chi connectivity index (χ3v) is 2.38. The van der Waals surface area contributed by atoms with Gasteiger partial charge in [0.1, 0.15) is 5.82 Å². The second kappa shape index (κ2) is 3.87. The zero-order valence-corrected chi connectivity index (χ0v) is 8.81. The topological polar surface area (TPSA) is 26.3 Å². The fourth-order valence-electron chi connectivity index (χ4n) is 0.983. The molecule has 2 nitrogen and oxygen atoms in total. The van der Waals surface area contributed by atoms with Gasteiger partial charge in [-0.3, -0.25) is 0 Å². The summed E-state index contributed by atoms with van der Waals surface area (Å²) in [5.41, 5.74) is 0.890. The number of ether oxygens (including phenoxy) is 1. The molecule has 0 radical (unpaired) electrons. The Hall–Kier alpha value is -0.900. The first-order valence-corrected chi connectivity index (χ1v) is 4.39. The van der Waals surface area contributed by atoms with Gasteiger partial charge in [0.2, 0.25) is 0 Å². The summed E-state index contributed by atoms with van der Waals surface area (Å²) < 4.78 is 17.7. The maximum atomic E-state index is 13.1. The standard InChI is InChI=1S/C9H8BrFO2/c1-5-3-6(9(12)13-2)8(10)7(11)4-5/h3-4H,1-2H3. The second-order valence-electron chi connectivity index (χ2n) is 2.60. The first-order valence-electron chi connectivity index (χ1n) is 3.60. The van der Waals surface area contributed by atoms with Crippen molar-refractivity contribution in [2.75, 3.05) is 7.11 Å². The summed E-state index contributed by atoms with van der Waals surface area (Å²) in [6.45, 7) is 1.71. The molecule has 0 bridgehead atoms. The highest BCUT2D eigenvalue weighted by Gasteiger charge is 2.14. The maximum Gasteiger partial charge on any atom is 0.339 e. The van der Waals surface area contributed by atoms with Gasteiger partial charge in [0.15, 0.2) is 0 Å². The van der Waals surface area contributed by atoms with E-state index in [0.29, 0.717) is 5.56 Å². The van der Waals surface area contributed by atoms with Crippen LogP contribution in [0.3, 0.4) is 0 Å². The van der Waals surface area contributed by atoms with Crippen molar-refractivity contribution in [1.29, 1.82) is 0 Å². The predicted molar refractivity (Wildman–Crippen MR) is 50.2 cm³/mol. The van der Waals surface area contributed by atoms with E-state index in [9.17, 15) is 9.18 Å². The number of esters is 1. The molecule has 0 amide bonds. The molecule has 0 N–H and O–H groups in total. The highest BCUT2D eigenvalue weighted by atomic mass is 79.9. The fraction of sp³-hybridized carbons (Fsp3) is 0.222. The van der Waals surface area contributed by atoms with Gasteiger partial charge in [-0.1, -0.05) is 0 Å². The van der Waals surface area contributed by atoms with E-state index in [1.54, 1.807) is 13.0 Å². The van der Waals surface area contributed by atoms with Crippen molar-refractivity contribution in [2.24, 2.45) is 0 Å². The number of halogens is 2. The first-order chi connectivity index (χ1) is 6.06. The summed E-state index contributed by atoms with van der Waals surface area (Å²) in [4.78, 5) is 11.1. The Morgan fingerprint density at radius 3 is 2.69 bits per heavy atom. The number of methoxy groups -OCH3 is 1. The number of carbonyl (C=O) groups excluding carboxylic acids is 1. The monoisotopic (exact) mass is 246 g/mol. The van der Waals surface area contributed by atoms with Crippen LogP contribution >= 0.6 is 15.9 Å². The van der Waals surface area contributed by atoms with Gasteiger partial charge in [-0.2, -0.15) is 0 Å². The minimum Gasteiger partial charge on any atom is -0.465 e. The Kier molecular flexibility index (Phi) is 3.03. The first kappa shape index (κ1) is 10.2. The highest BCUT2D eigenvalue weighted by Crippen LogP contribution is 2.22. The molecule has 1 aromatic rings. The zero-order chi connectivity index (χ0) is 10.0. The van der Waals surface area contributed by atoms with E-state index in [2.05, 4.69) is 20.7 Å². The van der Waals surface area contributed by atoms with E-state index < -0.39 is 11.8 Å². The quantitative estimate of drug-likeness (QED) is 0.713. The molecule has 0 unspecified atom stereocenters. The lowest BCUT2D eigenvalue weighted by Gasteiger charge is -2.04. The molecule has 0 fully saturated rings. The van der Waals surface area contributed by atoms with Crippen LogP contribution in [0.15, 0.2) is 16.6 Å². The lowest BCUT2D eigenvalue weighted by molar-refractivity contribution is 0.0599. The largest absolute Gasteiger partial charge is 0.465 e. The number of benzene rings is 1. The van der Waals surface area contributed by atoms with E-state index in [1.165, 1.54) is 13.2 Å². The Labute approximate surface area is 83.8 Å². The lowest BCUT2D eigenvalue weighted by atomic mass is 10.1. The van der Waals surface area contributed by atoms with Gasteiger partial charge in [0.25, 0.3) is 0 Å². The van der Waals surface area contributed by atoms with Crippen LogP contribution in [0.5, 0.6) is 0 Å². The fourth-order valence-corrected chi connectivity index (χ4v) is 1.37. The molecule has 1 aromatic carbocycles. The van der Waals surface area contributed by atoms with Gasteiger partial charge in [0.05, 0.1) is 17.1 Å². The van der Waals surface area contributed by atoms with Crippen molar-refractivity contribution in [1.82, 2.24) is 0 Å². The summed E-state index contributed by atoms with van der Waals surface area (Å²) in [7, 11) is 1.26. The molecule has 70 valence electrons. The molecule has 4 heteroatoms. The molecule has 0 spiro atoms. The third kappa shape index (κ3) is 2.06. The molecule has 1 rings (SSSR count). The number of hydrogen-bond acceptors (Lipinski definition) is 2. The third-order valence-electron chi connectivity index (χ3n) is 1.58. The van der Waals surface area contributed by atoms with Crippen molar-refractivity contribution < 1.29 is 13.9 Å².